The lowest BCUT2D eigenvalue weighted by atomic mass is 10.1. The van der Waals surface area contributed by atoms with Gasteiger partial charge in [0.05, 0.1) is 39.5 Å². The van der Waals surface area contributed by atoms with Crippen LogP contribution in [-0.2, 0) is 28.6 Å². The fraction of sp³-hybridized carbons (Fsp3) is 0.605. The maximum absolute atomic E-state index is 12.6. The molecule has 0 aromatic heterocycles. The van der Waals surface area contributed by atoms with E-state index in [4.69, 9.17) is 18.9 Å². The molecule has 12 heteroatoms. The van der Waals surface area contributed by atoms with Gasteiger partial charge in [-0.05, 0) is 95.1 Å². The number of amides is 3. The molecule has 0 saturated carbocycles. The van der Waals surface area contributed by atoms with Crippen LogP contribution in [0.5, 0.6) is 5.75 Å². The van der Waals surface area contributed by atoms with E-state index in [0.29, 0.717) is 71.4 Å². The molecule has 280 valence electrons. The summed E-state index contributed by atoms with van der Waals surface area (Å²) in [5, 5.41) is 6.03. The number of carbonyl (C=O) groups is 3. The van der Waals surface area contributed by atoms with Gasteiger partial charge < -0.3 is 34.5 Å². The maximum Gasteiger partial charge on any atom is 0.260 e. The molecular formula is C38H61N5O7. The molecule has 0 spiro atoms. The number of aryl methyl sites for hydroxylation is 4. The Labute approximate surface area is 299 Å². The lowest BCUT2D eigenvalue weighted by Gasteiger charge is -2.20. The number of hydrogen-bond acceptors (Lipinski definition) is 9. The molecule has 3 amide bonds. The molecule has 2 N–H and O–H groups in total. The van der Waals surface area contributed by atoms with Gasteiger partial charge >= 0.3 is 0 Å². The first-order valence-corrected chi connectivity index (χ1v) is 17.7. The van der Waals surface area contributed by atoms with Gasteiger partial charge in [0.2, 0.25) is 11.8 Å². The molecule has 0 aliphatic carbocycles. The fourth-order valence-corrected chi connectivity index (χ4v) is 5.31. The van der Waals surface area contributed by atoms with Crippen molar-refractivity contribution in [3.8, 4) is 5.75 Å². The summed E-state index contributed by atoms with van der Waals surface area (Å²) in [6.45, 7) is 18.5. The Balaban J connectivity index is 1.47. The maximum atomic E-state index is 12.6. The third-order valence-electron chi connectivity index (χ3n) is 8.33. The van der Waals surface area contributed by atoms with Gasteiger partial charge in [0, 0.05) is 44.7 Å². The number of anilines is 2. The van der Waals surface area contributed by atoms with Gasteiger partial charge in [-0.2, -0.15) is 0 Å². The lowest BCUT2D eigenvalue weighted by Crippen LogP contribution is -2.33. The van der Waals surface area contributed by atoms with Crippen LogP contribution in [0, 0.1) is 27.7 Å². The average molecular weight is 700 g/mol. The van der Waals surface area contributed by atoms with Gasteiger partial charge in [-0.25, -0.2) is 0 Å². The zero-order chi connectivity index (χ0) is 36.9. The highest BCUT2D eigenvalue weighted by atomic mass is 16.5. The number of nitrogens with one attached hydrogen (secondary N) is 2. The number of ether oxygens (including phenoxy) is 4. The number of rotatable bonds is 25. The van der Waals surface area contributed by atoms with Gasteiger partial charge in [0.15, 0.2) is 6.61 Å². The summed E-state index contributed by atoms with van der Waals surface area (Å²) in [5.41, 5.74) is 5.55. The number of nitrogens with zero attached hydrogens (tertiary/aromatic N) is 3. The van der Waals surface area contributed by atoms with Crippen molar-refractivity contribution in [3.05, 3.63) is 52.6 Å². The topological polar surface area (TPSA) is 122 Å². The van der Waals surface area contributed by atoms with Crippen LogP contribution in [0.2, 0.25) is 0 Å². The Morgan fingerprint density at radius 3 is 1.68 bits per heavy atom. The standard InChI is InChI=1S/C38H61N5O7/c1-9-43(10-2)27-35(45)40-38-31(5)24-33(25-32(38)6)50-28-36(46)42(8)17-13-19-48-21-23-49-22-20-47-18-12-16-41(7)26-34(44)39-37-29(3)14-11-15-30(37)4/h11,14-15,24-25H,9-10,12-13,16-23,26-28H2,1-8H3,(H,39,44)(H,40,45). The van der Waals surface area contributed by atoms with Crippen LogP contribution < -0.4 is 15.4 Å². The van der Waals surface area contributed by atoms with E-state index in [9.17, 15) is 14.4 Å². The molecule has 0 aliphatic rings. The SMILES string of the molecule is CCN(CC)CC(=O)Nc1c(C)cc(OCC(=O)N(C)CCCOCCOCCOCCCN(C)CC(=O)Nc2c(C)cccc2C)cc1C. The molecular weight excluding hydrogens is 638 g/mol. The van der Waals surface area contributed by atoms with E-state index in [1.54, 1.807) is 11.9 Å². The third kappa shape index (κ3) is 16.4. The van der Waals surface area contributed by atoms with Crippen molar-refractivity contribution < 1.29 is 33.3 Å². The molecule has 2 rings (SSSR count). The molecule has 2 aromatic carbocycles. The molecule has 50 heavy (non-hydrogen) atoms. The van der Waals surface area contributed by atoms with Crippen LogP contribution in [0.15, 0.2) is 30.3 Å². The van der Waals surface area contributed by atoms with Gasteiger partial charge in [-0.3, -0.25) is 24.2 Å². The smallest absolute Gasteiger partial charge is 0.260 e. The van der Waals surface area contributed by atoms with Crippen LogP contribution in [0.25, 0.3) is 0 Å². The lowest BCUT2D eigenvalue weighted by molar-refractivity contribution is -0.132. The first-order chi connectivity index (χ1) is 23.9. The predicted molar refractivity (Wildman–Crippen MR) is 199 cm³/mol. The Bertz CT molecular complexity index is 1290. The van der Waals surface area contributed by atoms with E-state index in [-0.39, 0.29) is 24.3 Å². The van der Waals surface area contributed by atoms with E-state index in [1.165, 1.54) is 0 Å². The first-order valence-electron chi connectivity index (χ1n) is 17.7. The fourth-order valence-electron chi connectivity index (χ4n) is 5.31. The van der Waals surface area contributed by atoms with E-state index in [2.05, 4.69) is 15.5 Å². The first kappa shape index (κ1) is 42.6. The Morgan fingerprint density at radius 2 is 1.14 bits per heavy atom. The number of carbonyl (C=O) groups excluding carboxylic acids is 3. The normalized spacial score (nSPS) is 11.2. The number of para-hydroxylation sites is 1. The van der Waals surface area contributed by atoms with E-state index in [0.717, 1.165) is 59.7 Å². The van der Waals surface area contributed by atoms with Crippen LogP contribution in [0.1, 0.15) is 48.9 Å². The predicted octanol–water partition coefficient (Wildman–Crippen LogP) is 4.44. The monoisotopic (exact) mass is 699 g/mol. The van der Waals surface area contributed by atoms with Crippen molar-refractivity contribution in [1.29, 1.82) is 0 Å². The molecule has 0 heterocycles. The number of likely N-dealkylation sites (N-methyl/N-ethyl adjacent to an activating group) is 3. The van der Waals surface area contributed by atoms with Crippen molar-refractivity contribution in [2.45, 2.75) is 54.4 Å². The van der Waals surface area contributed by atoms with E-state index in [1.807, 2.05) is 83.8 Å². The molecule has 2 aromatic rings. The van der Waals surface area contributed by atoms with E-state index < -0.39 is 0 Å². The molecule has 0 saturated heterocycles. The van der Waals surface area contributed by atoms with Crippen molar-refractivity contribution in [2.24, 2.45) is 0 Å². The molecule has 0 radical (unpaired) electrons. The minimum Gasteiger partial charge on any atom is -0.484 e. The Morgan fingerprint density at radius 1 is 0.660 bits per heavy atom. The molecule has 0 aliphatic heterocycles. The van der Waals surface area contributed by atoms with E-state index >= 15 is 0 Å². The molecule has 0 atom stereocenters. The largest absolute Gasteiger partial charge is 0.484 e. The highest BCUT2D eigenvalue weighted by molar-refractivity contribution is 5.94. The molecule has 0 bridgehead atoms. The van der Waals surface area contributed by atoms with Crippen molar-refractivity contribution >= 4 is 29.1 Å². The zero-order valence-corrected chi connectivity index (χ0v) is 31.7. The van der Waals surface area contributed by atoms with Crippen LogP contribution in [-0.4, -0.2) is 132 Å². The van der Waals surface area contributed by atoms with Crippen LogP contribution in [0.4, 0.5) is 11.4 Å². The third-order valence-corrected chi connectivity index (χ3v) is 8.33. The second-order valence-corrected chi connectivity index (χ2v) is 12.6. The van der Waals surface area contributed by atoms with Gasteiger partial charge in [0.25, 0.3) is 5.91 Å². The Kier molecular flexibility index (Phi) is 20.3. The molecule has 0 unspecified atom stereocenters. The summed E-state index contributed by atoms with van der Waals surface area (Å²) < 4.78 is 22.7. The minimum atomic E-state index is -0.120. The van der Waals surface area contributed by atoms with Crippen molar-refractivity contribution in [2.75, 3.05) is 110 Å². The summed E-state index contributed by atoms with van der Waals surface area (Å²) in [7, 11) is 3.68. The summed E-state index contributed by atoms with van der Waals surface area (Å²) in [4.78, 5) is 43.2. The molecule has 0 fully saturated rings. The quantitative estimate of drug-likeness (QED) is 0.145. The summed E-state index contributed by atoms with van der Waals surface area (Å²) >= 11 is 0. The summed E-state index contributed by atoms with van der Waals surface area (Å²) in [6, 6.07) is 9.66. The second kappa shape index (κ2) is 23.8. The van der Waals surface area contributed by atoms with Crippen molar-refractivity contribution in [3.63, 3.8) is 0 Å². The van der Waals surface area contributed by atoms with Crippen molar-refractivity contribution in [1.82, 2.24) is 14.7 Å². The zero-order valence-electron chi connectivity index (χ0n) is 31.7. The summed E-state index contributed by atoms with van der Waals surface area (Å²) in [6.07, 6.45) is 1.53. The van der Waals surface area contributed by atoms with Crippen LogP contribution >= 0.6 is 0 Å². The van der Waals surface area contributed by atoms with Gasteiger partial charge in [-0.15, -0.1) is 0 Å². The number of hydrogen-bond donors (Lipinski definition) is 2. The number of benzene rings is 2. The summed E-state index contributed by atoms with van der Waals surface area (Å²) in [5.74, 6) is 0.403. The highest BCUT2D eigenvalue weighted by Gasteiger charge is 2.14. The minimum absolute atomic E-state index is 0.0220. The van der Waals surface area contributed by atoms with Crippen LogP contribution in [0.3, 0.4) is 0 Å². The Hall–Kier alpha value is -3.55. The molecule has 12 nitrogen and oxygen atoms in total. The average Bonchev–Trinajstić information content (AvgIpc) is 3.07. The van der Waals surface area contributed by atoms with Gasteiger partial charge in [0.1, 0.15) is 5.75 Å². The highest BCUT2D eigenvalue weighted by Crippen LogP contribution is 2.26. The van der Waals surface area contributed by atoms with Gasteiger partial charge in [-0.1, -0.05) is 32.0 Å². The second-order valence-electron chi connectivity index (χ2n) is 12.6.